The Balaban J connectivity index is 1.46. The quantitative estimate of drug-likeness (QED) is 0.525. The second kappa shape index (κ2) is 8.48. The average Bonchev–Trinajstić information content (AvgIpc) is 3.51. The highest BCUT2D eigenvalue weighted by atomic mass is 32.2. The second-order valence-corrected chi connectivity index (χ2v) is 9.83. The zero-order chi connectivity index (χ0) is 22.0. The van der Waals surface area contributed by atoms with Crippen LogP contribution in [0.25, 0.3) is 0 Å². The third-order valence-corrected chi connectivity index (χ3v) is 6.74. The van der Waals surface area contributed by atoms with E-state index in [1.54, 1.807) is 12.1 Å². The minimum atomic E-state index is -3.37. The van der Waals surface area contributed by atoms with E-state index in [4.69, 9.17) is 9.15 Å². The molecule has 31 heavy (non-hydrogen) atoms. The van der Waals surface area contributed by atoms with Gasteiger partial charge < -0.3 is 9.15 Å². The van der Waals surface area contributed by atoms with E-state index in [1.807, 2.05) is 17.5 Å². The van der Waals surface area contributed by atoms with Crippen LogP contribution in [-0.2, 0) is 19.4 Å². The molecule has 3 heterocycles. The Labute approximate surface area is 182 Å². The van der Waals surface area contributed by atoms with Gasteiger partial charge in [-0.2, -0.15) is 5.10 Å². The van der Waals surface area contributed by atoms with Crippen molar-refractivity contribution >= 4 is 38.8 Å². The number of hydrazone groups is 1. The number of carbonyl (C=O) groups is 2. The predicted molar refractivity (Wildman–Crippen MR) is 114 cm³/mol. The lowest BCUT2D eigenvalue weighted by Crippen LogP contribution is -2.31. The van der Waals surface area contributed by atoms with Gasteiger partial charge in [0.2, 0.25) is 0 Å². The van der Waals surface area contributed by atoms with Crippen molar-refractivity contribution < 1.29 is 27.2 Å². The number of rotatable bonds is 6. The van der Waals surface area contributed by atoms with Crippen LogP contribution in [0.4, 0.5) is 0 Å². The molecule has 1 aromatic carbocycles. The lowest BCUT2D eigenvalue weighted by molar-refractivity contribution is -0.136. The monoisotopic (exact) mass is 458 g/mol. The number of nitrogens with zero attached hydrogens (tertiary/aromatic N) is 2. The Morgan fingerprint density at radius 2 is 1.97 bits per heavy atom. The van der Waals surface area contributed by atoms with E-state index in [1.165, 1.54) is 46.9 Å². The van der Waals surface area contributed by atoms with Gasteiger partial charge >= 0.3 is 5.97 Å². The van der Waals surface area contributed by atoms with E-state index >= 15 is 0 Å². The summed E-state index contributed by atoms with van der Waals surface area (Å²) in [6, 6.07) is 12.2. The van der Waals surface area contributed by atoms with E-state index < -0.39 is 34.4 Å². The summed E-state index contributed by atoms with van der Waals surface area (Å²) in [5.41, 5.74) is 0.902. The van der Waals surface area contributed by atoms with Crippen LogP contribution >= 0.6 is 11.3 Å². The number of hydrogen-bond acceptors (Lipinski definition) is 8. The maximum Gasteiger partial charge on any atom is 0.338 e. The molecule has 2 aromatic heterocycles. The molecule has 0 fully saturated rings. The van der Waals surface area contributed by atoms with Gasteiger partial charge in [0.25, 0.3) is 5.91 Å². The number of thiophene rings is 1. The Morgan fingerprint density at radius 1 is 1.19 bits per heavy atom. The summed E-state index contributed by atoms with van der Waals surface area (Å²) in [6.45, 7) is -0.509. The number of furan rings is 1. The number of esters is 1. The second-order valence-electron chi connectivity index (χ2n) is 6.87. The molecule has 0 bridgehead atoms. The summed E-state index contributed by atoms with van der Waals surface area (Å²) in [6.07, 6.45) is 3.09. The molecule has 160 valence electrons. The number of benzene rings is 1. The van der Waals surface area contributed by atoms with Crippen LogP contribution in [-0.4, -0.2) is 43.9 Å². The molecule has 1 amide bonds. The Morgan fingerprint density at radius 3 is 2.58 bits per heavy atom. The molecule has 0 aliphatic carbocycles. The van der Waals surface area contributed by atoms with Crippen molar-refractivity contribution in [3.8, 4) is 0 Å². The van der Waals surface area contributed by atoms with Gasteiger partial charge in [-0.25, -0.2) is 18.2 Å². The molecule has 0 radical (unpaired) electrons. The first-order valence-electron chi connectivity index (χ1n) is 9.27. The first kappa shape index (κ1) is 21.0. The van der Waals surface area contributed by atoms with Gasteiger partial charge in [0.1, 0.15) is 11.8 Å². The van der Waals surface area contributed by atoms with E-state index in [2.05, 4.69) is 5.10 Å². The first-order valence-corrected chi connectivity index (χ1v) is 12.0. The summed E-state index contributed by atoms with van der Waals surface area (Å²) >= 11 is 1.52. The Bertz CT molecular complexity index is 1210. The SMILES string of the molecule is CS(=O)(=O)c1ccc(C(=O)OCC(=O)N2N=C(c3cccs3)CC2c2ccco2)cc1. The van der Waals surface area contributed by atoms with Crippen molar-refractivity contribution in [2.45, 2.75) is 17.4 Å². The lowest BCUT2D eigenvalue weighted by atomic mass is 10.1. The third-order valence-electron chi connectivity index (χ3n) is 4.69. The number of hydrogen-bond donors (Lipinski definition) is 0. The van der Waals surface area contributed by atoms with Gasteiger partial charge in [-0.05, 0) is 47.8 Å². The molecule has 0 saturated carbocycles. The summed E-state index contributed by atoms with van der Waals surface area (Å²) in [5, 5.41) is 7.67. The van der Waals surface area contributed by atoms with Crippen molar-refractivity contribution in [1.29, 1.82) is 0 Å². The third kappa shape index (κ3) is 4.59. The molecule has 1 unspecified atom stereocenters. The van der Waals surface area contributed by atoms with Crippen LogP contribution in [0, 0.1) is 0 Å². The van der Waals surface area contributed by atoms with Gasteiger partial charge in [-0.1, -0.05) is 6.07 Å². The predicted octanol–water partition coefficient (Wildman–Crippen LogP) is 3.28. The number of carbonyl (C=O) groups excluding carboxylic acids is 2. The van der Waals surface area contributed by atoms with Crippen LogP contribution in [0.1, 0.15) is 33.5 Å². The first-order chi connectivity index (χ1) is 14.8. The highest BCUT2D eigenvalue weighted by Crippen LogP contribution is 2.34. The maximum atomic E-state index is 12.8. The highest BCUT2D eigenvalue weighted by Gasteiger charge is 2.35. The molecular formula is C21H18N2O6S2. The summed E-state index contributed by atoms with van der Waals surface area (Å²) in [7, 11) is -3.37. The van der Waals surface area contributed by atoms with Crippen molar-refractivity contribution in [2.24, 2.45) is 5.10 Å². The van der Waals surface area contributed by atoms with Crippen LogP contribution in [0.2, 0.25) is 0 Å². The fourth-order valence-electron chi connectivity index (χ4n) is 3.15. The van der Waals surface area contributed by atoms with Gasteiger partial charge in [-0.15, -0.1) is 11.3 Å². The molecular weight excluding hydrogens is 440 g/mol. The fourth-order valence-corrected chi connectivity index (χ4v) is 4.50. The number of amides is 1. The summed E-state index contributed by atoms with van der Waals surface area (Å²) in [5.74, 6) is -0.634. The van der Waals surface area contributed by atoms with Crippen LogP contribution in [0.15, 0.2) is 74.6 Å². The van der Waals surface area contributed by atoms with Crippen LogP contribution in [0.3, 0.4) is 0 Å². The van der Waals surface area contributed by atoms with E-state index in [0.29, 0.717) is 12.2 Å². The maximum absolute atomic E-state index is 12.8. The zero-order valence-corrected chi connectivity index (χ0v) is 18.1. The fraction of sp³-hybridized carbons (Fsp3) is 0.190. The average molecular weight is 459 g/mol. The van der Waals surface area contributed by atoms with E-state index in [-0.39, 0.29) is 10.5 Å². The van der Waals surface area contributed by atoms with E-state index in [0.717, 1.165) is 16.8 Å². The van der Waals surface area contributed by atoms with Gasteiger partial charge in [0, 0.05) is 12.7 Å². The molecule has 4 rings (SSSR count). The molecule has 1 atom stereocenters. The Kier molecular flexibility index (Phi) is 5.75. The van der Waals surface area contributed by atoms with Crippen molar-refractivity contribution in [2.75, 3.05) is 12.9 Å². The van der Waals surface area contributed by atoms with Crippen molar-refractivity contribution in [3.63, 3.8) is 0 Å². The normalized spacial score (nSPS) is 16.2. The number of ether oxygens (including phenoxy) is 1. The zero-order valence-electron chi connectivity index (χ0n) is 16.4. The minimum absolute atomic E-state index is 0.0916. The van der Waals surface area contributed by atoms with Gasteiger partial charge in [0.05, 0.1) is 27.3 Å². The lowest BCUT2D eigenvalue weighted by Gasteiger charge is -2.19. The largest absolute Gasteiger partial charge is 0.467 e. The van der Waals surface area contributed by atoms with Gasteiger partial charge in [0.15, 0.2) is 16.4 Å². The topological polar surface area (TPSA) is 106 Å². The van der Waals surface area contributed by atoms with Crippen molar-refractivity contribution in [3.05, 3.63) is 76.4 Å². The smallest absolute Gasteiger partial charge is 0.338 e. The molecule has 0 N–H and O–H groups in total. The molecule has 8 nitrogen and oxygen atoms in total. The van der Waals surface area contributed by atoms with Crippen LogP contribution in [0.5, 0.6) is 0 Å². The summed E-state index contributed by atoms with van der Waals surface area (Å²) in [4.78, 5) is 26.1. The van der Waals surface area contributed by atoms with Crippen molar-refractivity contribution in [1.82, 2.24) is 5.01 Å². The summed E-state index contributed by atoms with van der Waals surface area (Å²) < 4.78 is 33.7. The molecule has 0 spiro atoms. The molecule has 10 heteroatoms. The Hall–Kier alpha value is -3.24. The molecule has 1 aliphatic rings. The standard InChI is InChI=1S/C21H18N2O6S2/c1-31(26,27)15-8-6-14(7-9-15)21(25)29-13-20(24)23-17(18-4-2-10-28-18)12-16(22-23)19-5-3-11-30-19/h2-11,17H,12-13H2,1H3. The molecule has 0 saturated heterocycles. The van der Waals surface area contributed by atoms with E-state index in [9.17, 15) is 18.0 Å². The van der Waals surface area contributed by atoms with Crippen LogP contribution < -0.4 is 0 Å². The van der Waals surface area contributed by atoms with Gasteiger partial charge in [-0.3, -0.25) is 4.79 Å². The molecule has 3 aromatic rings. The molecule has 1 aliphatic heterocycles. The highest BCUT2D eigenvalue weighted by molar-refractivity contribution is 7.90. The number of sulfone groups is 1. The minimum Gasteiger partial charge on any atom is -0.467 e.